The first-order chi connectivity index (χ1) is 31.7. The maximum atomic E-state index is 12.5. The van der Waals surface area contributed by atoms with E-state index in [1.54, 1.807) is 0 Å². The second-order valence-corrected chi connectivity index (χ2v) is 17.7. The molecule has 9 rings (SSSR count). The Morgan fingerprint density at radius 1 is 0.288 bits per heavy atom. The van der Waals surface area contributed by atoms with Crippen LogP contribution in [0.4, 0.5) is 0 Å². The van der Waals surface area contributed by atoms with Gasteiger partial charge in [-0.1, -0.05) is 0 Å². The van der Waals surface area contributed by atoms with Gasteiger partial charge in [0.2, 0.25) is 0 Å². The Morgan fingerprint density at radius 3 is 0.727 bits per heavy atom. The highest BCUT2D eigenvalue weighted by atomic mass is 16.6. The Bertz CT molecular complexity index is 2540. The summed E-state index contributed by atoms with van der Waals surface area (Å²) in [6, 6.07) is 0. The zero-order chi connectivity index (χ0) is 47.1. The van der Waals surface area contributed by atoms with Crippen LogP contribution in [0.1, 0.15) is 77.0 Å². The van der Waals surface area contributed by atoms with Gasteiger partial charge in [0.05, 0.1) is 76.3 Å². The Labute approximate surface area is 377 Å². The van der Waals surface area contributed by atoms with Crippen LogP contribution in [0.3, 0.4) is 0 Å². The monoisotopic (exact) mass is 933 g/mol. The molecule has 0 aromatic carbocycles. The number of epoxide rings is 6. The molecule has 6 unspecified atom stereocenters. The fourth-order valence-corrected chi connectivity index (χ4v) is 7.60. The van der Waals surface area contributed by atoms with Crippen LogP contribution in [0.2, 0.25) is 0 Å². The van der Waals surface area contributed by atoms with E-state index in [2.05, 4.69) is 0 Å². The molecule has 0 aliphatic carbocycles. The summed E-state index contributed by atoms with van der Waals surface area (Å²) >= 11 is 0. The molecule has 0 spiro atoms. The largest absolute Gasteiger partial charge is 0.373 e. The molecular weight excluding hydrogens is 871 g/mol. The molecule has 3 aromatic heterocycles. The lowest BCUT2D eigenvalue weighted by atomic mass is 10.2. The van der Waals surface area contributed by atoms with E-state index >= 15 is 0 Å². The van der Waals surface area contributed by atoms with Gasteiger partial charge in [-0.25, -0.2) is 84.3 Å². The van der Waals surface area contributed by atoms with Gasteiger partial charge < -0.3 is 28.4 Å². The molecule has 3 aromatic rings. The van der Waals surface area contributed by atoms with Crippen LogP contribution in [0.15, 0.2) is 43.2 Å². The Hall–Kier alpha value is -5.01. The normalized spacial score (nSPS) is 22.8. The lowest BCUT2D eigenvalue weighted by molar-refractivity contribution is 0.361. The Kier molecular flexibility index (Phi) is 16.4. The van der Waals surface area contributed by atoms with Gasteiger partial charge in [0.15, 0.2) is 0 Å². The smallest absolute Gasteiger partial charge is 0.336 e. The molecule has 0 bridgehead atoms. The standard InChI is InChI=1S/C16H25N3O5.C14H21N3O5.C12H17N3O5/c1-17-14(20)18(8-4-2-6-12-10-23-12)16(22)19(15(17)21)9-5-3-7-13-11-24-13;1-15-12(18)16(6-2-4-10-8-21-10)14(20)17(13(15)19)7-3-5-11-9-22-11;1-13-10(16)14(4-2-8-6-19-8)12(18)15(11(13)17)5-3-9-7-20-9/h12-13H,2-11H2,1H3;10-11H,2-9H2,1H3;8-9H,2-7H2,1H3. The van der Waals surface area contributed by atoms with E-state index in [-0.39, 0.29) is 37.5 Å². The van der Waals surface area contributed by atoms with Crippen molar-refractivity contribution in [1.82, 2.24) is 41.1 Å². The van der Waals surface area contributed by atoms with Crippen LogP contribution in [-0.4, -0.2) is 117 Å². The first-order valence-electron chi connectivity index (χ1n) is 23.1. The number of ether oxygens (including phenoxy) is 6. The number of rotatable bonds is 24. The van der Waals surface area contributed by atoms with Gasteiger partial charge in [0.25, 0.3) is 0 Å². The Balaban J connectivity index is 0.000000148. The molecule has 24 heteroatoms. The molecule has 6 fully saturated rings. The lowest BCUT2D eigenvalue weighted by Gasteiger charge is -2.11. The summed E-state index contributed by atoms with van der Waals surface area (Å²) in [4.78, 5) is 110. The summed E-state index contributed by atoms with van der Waals surface area (Å²) in [6.45, 7) is 6.37. The number of hydrogen-bond acceptors (Lipinski definition) is 15. The molecule has 6 atom stereocenters. The van der Waals surface area contributed by atoms with E-state index in [0.717, 1.165) is 110 Å². The van der Waals surface area contributed by atoms with Gasteiger partial charge in [-0.2, -0.15) is 0 Å². The third-order valence-corrected chi connectivity index (χ3v) is 12.4. The van der Waals surface area contributed by atoms with Crippen LogP contribution in [0.5, 0.6) is 0 Å². The quantitative estimate of drug-likeness (QED) is 0.0649. The van der Waals surface area contributed by atoms with Crippen molar-refractivity contribution in [1.29, 1.82) is 0 Å². The second-order valence-electron chi connectivity index (χ2n) is 17.7. The van der Waals surface area contributed by atoms with Crippen LogP contribution in [0, 0.1) is 0 Å². The fourth-order valence-electron chi connectivity index (χ4n) is 7.60. The predicted octanol–water partition coefficient (Wildman–Crippen LogP) is -2.80. The van der Waals surface area contributed by atoms with Crippen molar-refractivity contribution in [2.75, 3.05) is 39.6 Å². The average molecular weight is 934 g/mol. The van der Waals surface area contributed by atoms with Gasteiger partial charge in [-0.3, -0.25) is 0 Å². The molecule has 0 amide bonds. The zero-order valence-corrected chi connectivity index (χ0v) is 38.1. The van der Waals surface area contributed by atoms with Crippen LogP contribution < -0.4 is 51.2 Å². The van der Waals surface area contributed by atoms with Crippen molar-refractivity contribution in [3.8, 4) is 0 Å². The van der Waals surface area contributed by atoms with Crippen molar-refractivity contribution in [2.24, 2.45) is 21.1 Å². The molecule has 24 nitrogen and oxygen atoms in total. The van der Waals surface area contributed by atoms with E-state index < -0.39 is 51.2 Å². The van der Waals surface area contributed by atoms with Crippen molar-refractivity contribution >= 4 is 0 Å². The zero-order valence-electron chi connectivity index (χ0n) is 38.1. The molecule has 9 heterocycles. The van der Waals surface area contributed by atoms with E-state index in [4.69, 9.17) is 28.4 Å². The summed E-state index contributed by atoms with van der Waals surface area (Å²) in [5.74, 6) is 0. The molecule has 66 heavy (non-hydrogen) atoms. The molecule has 0 N–H and O–H groups in total. The summed E-state index contributed by atoms with van der Waals surface area (Å²) in [5, 5.41) is 0. The lowest BCUT2D eigenvalue weighted by Crippen LogP contribution is -2.53. The third kappa shape index (κ3) is 13.6. The highest BCUT2D eigenvalue weighted by molar-refractivity contribution is 4.83. The van der Waals surface area contributed by atoms with E-state index in [0.29, 0.717) is 77.3 Å². The molecule has 6 aliphatic heterocycles. The first-order valence-corrected chi connectivity index (χ1v) is 23.1. The number of unbranched alkanes of at least 4 members (excludes halogenated alkanes) is 2. The number of hydrogen-bond donors (Lipinski definition) is 0. The summed E-state index contributed by atoms with van der Waals surface area (Å²) in [5.41, 5.74) is -4.85. The van der Waals surface area contributed by atoms with E-state index in [1.807, 2.05) is 0 Å². The molecule has 6 saturated heterocycles. The van der Waals surface area contributed by atoms with Crippen molar-refractivity contribution < 1.29 is 28.4 Å². The van der Waals surface area contributed by atoms with Crippen LogP contribution >= 0.6 is 0 Å². The molecule has 0 radical (unpaired) electrons. The number of nitrogens with zero attached hydrogens (tertiary/aromatic N) is 9. The first kappa shape index (κ1) is 48.9. The average Bonchev–Trinajstić information content (AvgIpc) is 4.08. The third-order valence-electron chi connectivity index (χ3n) is 12.4. The molecule has 0 saturated carbocycles. The minimum absolute atomic E-state index is 0.131. The highest BCUT2D eigenvalue weighted by Gasteiger charge is 2.27. The number of aromatic nitrogens is 9. The highest BCUT2D eigenvalue weighted by Crippen LogP contribution is 2.18. The maximum Gasteiger partial charge on any atom is 0.336 e. The summed E-state index contributed by atoms with van der Waals surface area (Å²) in [6.07, 6.45) is 10.9. The molecule has 6 aliphatic rings. The van der Waals surface area contributed by atoms with E-state index in [9.17, 15) is 43.2 Å². The fraction of sp³-hybridized carbons (Fsp3) is 0.786. The topological polar surface area (TPSA) is 273 Å². The van der Waals surface area contributed by atoms with E-state index in [1.165, 1.54) is 30.3 Å². The predicted molar refractivity (Wildman–Crippen MR) is 234 cm³/mol. The maximum absolute atomic E-state index is 12.5. The SMILES string of the molecule is Cn1c(=O)n(CCC2CO2)c(=O)n(CCC2CO2)c1=O.Cn1c(=O)n(CCCC2CO2)c(=O)n(CCCC2CO2)c1=O.Cn1c(=O)n(CCCCC2CO2)c(=O)n(CCCCC2CO2)c1=O. The van der Waals surface area contributed by atoms with Crippen molar-refractivity contribution in [2.45, 2.75) is 153 Å². The summed E-state index contributed by atoms with van der Waals surface area (Å²) < 4.78 is 40.6. The van der Waals surface area contributed by atoms with Crippen molar-refractivity contribution in [3.63, 3.8) is 0 Å². The summed E-state index contributed by atoms with van der Waals surface area (Å²) in [7, 11) is 4.22. The van der Waals surface area contributed by atoms with Gasteiger partial charge in [0.1, 0.15) is 0 Å². The van der Waals surface area contributed by atoms with Crippen molar-refractivity contribution in [3.05, 3.63) is 94.4 Å². The van der Waals surface area contributed by atoms with Gasteiger partial charge >= 0.3 is 51.2 Å². The van der Waals surface area contributed by atoms with Crippen LogP contribution in [-0.2, 0) is 88.8 Å². The second kappa shape index (κ2) is 22.2. The Morgan fingerprint density at radius 2 is 0.485 bits per heavy atom. The molecular formula is C42H63N9O15. The minimum atomic E-state index is -0.570. The van der Waals surface area contributed by atoms with Gasteiger partial charge in [-0.15, -0.1) is 0 Å². The molecule has 366 valence electrons. The minimum Gasteiger partial charge on any atom is -0.373 e. The van der Waals surface area contributed by atoms with Crippen LogP contribution in [0.25, 0.3) is 0 Å². The van der Waals surface area contributed by atoms with Gasteiger partial charge in [-0.05, 0) is 77.0 Å². The van der Waals surface area contributed by atoms with Gasteiger partial charge in [0, 0.05) is 60.4 Å².